The summed E-state index contributed by atoms with van der Waals surface area (Å²) in [5, 5.41) is 3.38. The van der Waals surface area contributed by atoms with Crippen molar-refractivity contribution in [2.75, 3.05) is 66.2 Å². The summed E-state index contributed by atoms with van der Waals surface area (Å²) in [5.74, 6) is 1.26. The molecule has 0 aliphatic carbocycles. The van der Waals surface area contributed by atoms with Crippen molar-refractivity contribution >= 4 is 5.96 Å². The van der Waals surface area contributed by atoms with E-state index in [2.05, 4.69) is 15.2 Å². The molecule has 2 aliphatic heterocycles. The molecule has 2 atom stereocenters. The van der Waals surface area contributed by atoms with Crippen molar-refractivity contribution in [1.29, 1.82) is 0 Å². The Kier molecular flexibility index (Phi) is 8.43. The van der Waals surface area contributed by atoms with E-state index in [4.69, 9.17) is 9.47 Å². The van der Waals surface area contributed by atoms with Gasteiger partial charge in [0.05, 0.1) is 26.4 Å². The number of nitrogens with one attached hydrogen (secondary N) is 1. The van der Waals surface area contributed by atoms with Crippen molar-refractivity contribution in [3.63, 3.8) is 0 Å². The molecule has 2 unspecified atom stereocenters. The van der Waals surface area contributed by atoms with Gasteiger partial charge in [-0.05, 0) is 19.8 Å². The van der Waals surface area contributed by atoms with Crippen molar-refractivity contribution < 1.29 is 22.6 Å². The number of guanidine groups is 1. The Bertz CT molecular complexity index is 448. The van der Waals surface area contributed by atoms with Gasteiger partial charge in [-0.2, -0.15) is 13.2 Å². The first-order chi connectivity index (χ1) is 12.4. The third-order valence-electron chi connectivity index (χ3n) is 4.69. The van der Waals surface area contributed by atoms with Crippen LogP contribution in [0.3, 0.4) is 0 Å². The van der Waals surface area contributed by atoms with Crippen LogP contribution in [0, 0.1) is 5.92 Å². The fourth-order valence-electron chi connectivity index (χ4n) is 3.47. The summed E-state index contributed by atoms with van der Waals surface area (Å²) >= 11 is 0. The van der Waals surface area contributed by atoms with Crippen LogP contribution < -0.4 is 5.32 Å². The minimum absolute atomic E-state index is 0.0136. The van der Waals surface area contributed by atoms with Crippen molar-refractivity contribution in [2.45, 2.75) is 32.0 Å². The van der Waals surface area contributed by atoms with Crippen LogP contribution in [-0.2, 0) is 9.47 Å². The van der Waals surface area contributed by atoms with Crippen LogP contribution in [0.5, 0.6) is 0 Å². The monoisotopic (exact) mass is 380 g/mol. The molecule has 0 amide bonds. The topological polar surface area (TPSA) is 49.3 Å². The quantitative estimate of drug-likeness (QED) is 0.394. The Labute approximate surface area is 153 Å². The highest BCUT2D eigenvalue weighted by Crippen LogP contribution is 2.21. The molecule has 0 aromatic rings. The van der Waals surface area contributed by atoms with Gasteiger partial charge in [0.1, 0.15) is 0 Å². The number of ether oxygens (including phenoxy) is 2. The van der Waals surface area contributed by atoms with E-state index < -0.39 is 12.7 Å². The summed E-state index contributed by atoms with van der Waals surface area (Å²) in [4.78, 5) is 8.19. The first kappa shape index (κ1) is 21.2. The zero-order chi connectivity index (χ0) is 19.0. The van der Waals surface area contributed by atoms with Crippen LogP contribution in [0.25, 0.3) is 0 Å². The second-order valence-corrected chi connectivity index (χ2v) is 6.95. The third-order valence-corrected chi connectivity index (χ3v) is 4.69. The molecule has 2 heterocycles. The number of hydrogen-bond acceptors (Lipinski definition) is 4. The van der Waals surface area contributed by atoms with Gasteiger partial charge in [0, 0.05) is 51.8 Å². The highest BCUT2D eigenvalue weighted by atomic mass is 19.4. The standard InChI is InChI=1S/C17H31F3N4O2/c1-3-21-16(22-15-5-6-23(11-15)13-17(18,19)20)24-7-4-14(10-24)12-26-9-8-25-2/h14-15H,3-13H2,1-2H3,(H,21,22). The lowest BCUT2D eigenvalue weighted by molar-refractivity contribution is -0.143. The zero-order valence-corrected chi connectivity index (χ0v) is 15.7. The van der Waals surface area contributed by atoms with Gasteiger partial charge in [-0.1, -0.05) is 0 Å². The predicted octanol–water partition coefficient (Wildman–Crippen LogP) is 1.57. The summed E-state index contributed by atoms with van der Waals surface area (Å²) in [5.41, 5.74) is 0. The van der Waals surface area contributed by atoms with Gasteiger partial charge in [0.25, 0.3) is 0 Å². The first-order valence-electron chi connectivity index (χ1n) is 9.33. The van der Waals surface area contributed by atoms with Crippen LogP contribution in [0.1, 0.15) is 19.8 Å². The first-order valence-corrected chi connectivity index (χ1v) is 9.33. The molecule has 26 heavy (non-hydrogen) atoms. The molecule has 0 saturated carbocycles. The van der Waals surface area contributed by atoms with Gasteiger partial charge in [0.2, 0.25) is 0 Å². The largest absolute Gasteiger partial charge is 0.401 e. The van der Waals surface area contributed by atoms with Gasteiger partial charge < -0.3 is 19.7 Å². The van der Waals surface area contributed by atoms with Gasteiger partial charge in [-0.15, -0.1) is 0 Å². The molecule has 6 nitrogen and oxygen atoms in total. The maximum absolute atomic E-state index is 12.5. The SMILES string of the molecule is CCN=C(NC1CCN(CC(F)(F)F)C1)N1CCC(COCCOC)C1. The highest BCUT2D eigenvalue weighted by molar-refractivity contribution is 5.80. The average molecular weight is 380 g/mol. The van der Waals surface area contributed by atoms with Crippen molar-refractivity contribution in [2.24, 2.45) is 10.9 Å². The van der Waals surface area contributed by atoms with E-state index in [1.54, 1.807) is 7.11 Å². The molecule has 9 heteroatoms. The molecule has 2 aliphatic rings. The van der Waals surface area contributed by atoms with E-state index in [-0.39, 0.29) is 6.04 Å². The Balaban J connectivity index is 1.78. The number of hydrogen-bond donors (Lipinski definition) is 1. The van der Waals surface area contributed by atoms with Crippen molar-refractivity contribution in [3.8, 4) is 0 Å². The fourth-order valence-corrected chi connectivity index (χ4v) is 3.47. The van der Waals surface area contributed by atoms with E-state index >= 15 is 0 Å². The fraction of sp³-hybridized carbons (Fsp3) is 0.941. The molecule has 1 N–H and O–H groups in total. The molecule has 2 rings (SSSR count). The van der Waals surface area contributed by atoms with Gasteiger partial charge in [-0.3, -0.25) is 9.89 Å². The minimum Gasteiger partial charge on any atom is -0.382 e. The Hall–Kier alpha value is -1.06. The molecular weight excluding hydrogens is 349 g/mol. The summed E-state index contributed by atoms with van der Waals surface area (Å²) < 4.78 is 48.2. The van der Waals surface area contributed by atoms with E-state index in [0.29, 0.717) is 51.8 Å². The molecule has 2 fully saturated rings. The van der Waals surface area contributed by atoms with E-state index in [0.717, 1.165) is 25.5 Å². The number of methoxy groups -OCH3 is 1. The van der Waals surface area contributed by atoms with Crippen LogP contribution in [0.4, 0.5) is 13.2 Å². The number of halogens is 3. The lowest BCUT2D eigenvalue weighted by Crippen LogP contribution is -2.46. The van der Waals surface area contributed by atoms with Gasteiger partial charge >= 0.3 is 6.18 Å². The highest BCUT2D eigenvalue weighted by Gasteiger charge is 2.35. The summed E-state index contributed by atoms with van der Waals surface area (Å²) in [7, 11) is 1.65. The van der Waals surface area contributed by atoms with Crippen molar-refractivity contribution in [3.05, 3.63) is 0 Å². The van der Waals surface area contributed by atoms with Crippen molar-refractivity contribution in [1.82, 2.24) is 15.1 Å². The maximum atomic E-state index is 12.5. The lowest BCUT2D eigenvalue weighted by atomic mass is 10.1. The van der Waals surface area contributed by atoms with E-state index in [1.165, 1.54) is 4.90 Å². The molecule has 0 radical (unpaired) electrons. The number of rotatable bonds is 8. The molecular formula is C17H31F3N4O2. The summed E-state index contributed by atoms with van der Waals surface area (Å²) in [6, 6.07) is 0.0136. The summed E-state index contributed by atoms with van der Waals surface area (Å²) in [6.45, 7) is 6.28. The molecule has 0 aromatic carbocycles. The number of alkyl halides is 3. The second kappa shape index (κ2) is 10.3. The third kappa shape index (κ3) is 7.28. The normalized spacial score (nSPS) is 25.3. The van der Waals surface area contributed by atoms with Crippen LogP contribution in [-0.4, -0.2) is 94.2 Å². The zero-order valence-electron chi connectivity index (χ0n) is 15.7. The minimum atomic E-state index is -4.14. The Morgan fingerprint density at radius 2 is 2.00 bits per heavy atom. The summed E-state index contributed by atoms with van der Waals surface area (Å²) in [6.07, 6.45) is -2.40. The molecule has 0 aromatic heterocycles. The van der Waals surface area contributed by atoms with E-state index in [1.807, 2.05) is 6.92 Å². The second-order valence-electron chi connectivity index (χ2n) is 6.95. The van der Waals surface area contributed by atoms with Crippen LogP contribution in [0.2, 0.25) is 0 Å². The van der Waals surface area contributed by atoms with Gasteiger partial charge in [0.15, 0.2) is 5.96 Å². The number of nitrogens with zero attached hydrogens (tertiary/aromatic N) is 3. The molecule has 0 bridgehead atoms. The van der Waals surface area contributed by atoms with Crippen LogP contribution in [0.15, 0.2) is 4.99 Å². The Morgan fingerprint density at radius 3 is 2.69 bits per heavy atom. The smallest absolute Gasteiger partial charge is 0.382 e. The number of likely N-dealkylation sites (tertiary alicyclic amines) is 2. The van der Waals surface area contributed by atoms with Gasteiger partial charge in [-0.25, -0.2) is 0 Å². The predicted molar refractivity (Wildman–Crippen MR) is 94.4 cm³/mol. The average Bonchev–Trinajstić information content (AvgIpc) is 3.19. The number of aliphatic imine (C=N–C) groups is 1. The molecule has 2 saturated heterocycles. The maximum Gasteiger partial charge on any atom is 0.401 e. The van der Waals surface area contributed by atoms with Crippen LogP contribution >= 0.6 is 0 Å². The molecule has 0 spiro atoms. The lowest BCUT2D eigenvalue weighted by Gasteiger charge is -2.25. The van der Waals surface area contributed by atoms with E-state index in [9.17, 15) is 13.2 Å². The molecule has 152 valence electrons. The Morgan fingerprint density at radius 1 is 1.19 bits per heavy atom.